The lowest BCUT2D eigenvalue weighted by Gasteiger charge is -1.97. The van der Waals surface area contributed by atoms with E-state index in [2.05, 4.69) is 62.7 Å². The van der Waals surface area contributed by atoms with Crippen molar-refractivity contribution in [1.29, 1.82) is 0 Å². The molecule has 6 nitrogen and oxygen atoms in total. The minimum Gasteiger partial charge on any atom is -0.338 e. The van der Waals surface area contributed by atoms with Crippen LogP contribution >= 0.6 is 11.3 Å². The number of aryl methyl sites for hydroxylation is 2. The maximum Gasteiger partial charge on any atom is 0.265 e. The maximum absolute atomic E-state index is 4.43. The Balaban J connectivity index is 1.65. The van der Waals surface area contributed by atoms with E-state index in [0.717, 1.165) is 21.3 Å². The Morgan fingerprint density at radius 1 is 1.22 bits per heavy atom. The normalized spacial score (nSPS) is 11.7. The number of hydrogen-bond acceptors (Lipinski definition) is 6. The van der Waals surface area contributed by atoms with Gasteiger partial charge in [-0.3, -0.25) is 0 Å². The molecule has 0 saturated carbocycles. The van der Waals surface area contributed by atoms with Gasteiger partial charge in [0.2, 0.25) is 0 Å². The Morgan fingerprint density at radius 2 is 2.13 bits per heavy atom. The van der Waals surface area contributed by atoms with Gasteiger partial charge in [-0.25, -0.2) is 5.43 Å². The number of rotatable bonds is 3. The molecule has 7 heteroatoms. The molecule has 0 bridgehead atoms. The predicted molar refractivity (Wildman–Crippen MR) is 94.2 cm³/mol. The molecule has 23 heavy (non-hydrogen) atoms. The number of anilines is 1. The first kappa shape index (κ1) is 13.8. The van der Waals surface area contributed by atoms with E-state index in [1.807, 2.05) is 11.4 Å². The van der Waals surface area contributed by atoms with Crippen LogP contribution < -0.4 is 5.43 Å². The largest absolute Gasteiger partial charge is 0.338 e. The molecule has 1 aromatic carbocycles. The molecule has 0 radical (unpaired) electrons. The van der Waals surface area contributed by atoms with Crippen molar-refractivity contribution in [3.05, 3.63) is 45.6 Å². The SMILES string of the molecule is Cc1ccc2[nH]c3nc(N/N=C/c4sccc4C)nnc3c2c1. The quantitative estimate of drug-likeness (QED) is 0.446. The van der Waals surface area contributed by atoms with E-state index in [0.29, 0.717) is 11.6 Å². The van der Waals surface area contributed by atoms with Crippen molar-refractivity contribution in [2.24, 2.45) is 5.10 Å². The molecule has 0 unspecified atom stereocenters. The first-order valence-corrected chi connectivity index (χ1v) is 8.04. The molecule has 3 heterocycles. The minimum atomic E-state index is 0.367. The lowest BCUT2D eigenvalue weighted by molar-refractivity contribution is 1.01. The van der Waals surface area contributed by atoms with Gasteiger partial charge >= 0.3 is 0 Å². The first-order valence-electron chi connectivity index (χ1n) is 7.16. The van der Waals surface area contributed by atoms with Crippen LogP contribution in [0.2, 0.25) is 0 Å². The number of aromatic nitrogens is 4. The highest BCUT2D eigenvalue weighted by atomic mass is 32.1. The Labute approximate surface area is 136 Å². The van der Waals surface area contributed by atoms with Gasteiger partial charge in [-0.15, -0.1) is 21.5 Å². The zero-order valence-corrected chi connectivity index (χ0v) is 13.5. The predicted octanol–water partition coefficient (Wildman–Crippen LogP) is 3.63. The van der Waals surface area contributed by atoms with E-state index in [1.54, 1.807) is 17.6 Å². The van der Waals surface area contributed by atoms with Gasteiger partial charge in [0.15, 0.2) is 5.65 Å². The van der Waals surface area contributed by atoms with Gasteiger partial charge < -0.3 is 4.98 Å². The molecule has 0 aliphatic heterocycles. The summed E-state index contributed by atoms with van der Waals surface area (Å²) in [7, 11) is 0. The summed E-state index contributed by atoms with van der Waals surface area (Å²) in [6, 6.07) is 8.22. The number of hydrogen-bond donors (Lipinski definition) is 2. The van der Waals surface area contributed by atoms with Gasteiger partial charge in [-0.2, -0.15) is 10.1 Å². The van der Waals surface area contributed by atoms with Crippen LogP contribution in [-0.2, 0) is 0 Å². The van der Waals surface area contributed by atoms with E-state index < -0.39 is 0 Å². The number of nitrogens with one attached hydrogen (secondary N) is 2. The molecular formula is C16H14N6S. The van der Waals surface area contributed by atoms with Crippen molar-refractivity contribution in [2.75, 3.05) is 5.43 Å². The molecule has 3 aromatic heterocycles. The van der Waals surface area contributed by atoms with Crippen LogP contribution in [-0.4, -0.2) is 26.4 Å². The fourth-order valence-corrected chi connectivity index (χ4v) is 3.18. The fourth-order valence-electron chi connectivity index (χ4n) is 2.40. The van der Waals surface area contributed by atoms with Crippen LogP contribution in [0.5, 0.6) is 0 Å². The Bertz CT molecular complexity index is 1030. The van der Waals surface area contributed by atoms with Gasteiger partial charge in [0, 0.05) is 15.8 Å². The van der Waals surface area contributed by atoms with Gasteiger partial charge in [0.25, 0.3) is 5.95 Å². The van der Waals surface area contributed by atoms with Crippen molar-refractivity contribution in [1.82, 2.24) is 20.2 Å². The molecule has 0 saturated heterocycles. The third-order valence-corrected chi connectivity index (χ3v) is 4.57. The summed E-state index contributed by atoms with van der Waals surface area (Å²) in [5.41, 5.74) is 7.68. The monoisotopic (exact) mass is 322 g/mol. The van der Waals surface area contributed by atoms with Crippen molar-refractivity contribution >= 4 is 45.6 Å². The lowest BCUT2D eigenvalue weighted by Crippen LogP contribution is -1.98. The maximum atomic E-state index is 4.43. The van der Waals surface area contributed by atoms with E-state index >= 15 is 0 Å². The Hall–Kier alpha value is -2.80. The Kier molecular flexibility index (Phi) is 3.27. The molecule has 0 fully saturated rings. The number of fused-ring (bicyclic) bond motifs is 3. The van der Waals surface area contributed by atoms with Gasteiger partial charge in [0.05, 0.1) is 6.21 Å². The summed E-state index contributed by atoms with van der Waals surface area (Å²) in [4.78, 5) is 8.79. The second kappa shape index (κ2) is 5.44. The van der Waals surface area contributed by atoms with Gasteiger partial charge in [-0.05, 0) is 43.0 Å². The highest BCUT2D eigenvalue weighted by Gasteiger charge is 2.08. The number of hydrazone groups is 1. The van der Waals surface area contributed by atoms with Crippen LogP contribution in [0.25, 0.3) is 22.1 Å². The zero-order chi connectivity index (χ0) is 15.8. The smallest absolute Gasteiger partial charge is 0.265 e. The third kappa shape index (κ3) is 2.55. The number of aromatic amines is 1. The van der Waals surface area contributed by atoms with E-state index in [9.17, 15) is 0 Å². The number of nitrogens with zero attached hydrogens (tertiary/aromatic N) is 4. The lowest BCUT2D eigenvalue weighted by atomic mass is 10.2. The summed E-state index contributed by atoms with van der Waals surface area (Å²) < 4.78 is 0. The van der Waals surface area contributed by atoms with Gasteiger partial charge in [-0.1, -0.05) is 11.6 Å². The minimum absolute atomic E-state index is 0.367. The number of benzene rings is 1. The van der Waals surface area contributed by atoms with Crippen LogP contribution in [0.3, 0.4) is 0 Å². The summed E-state index contributed by atoms with van der Waals surface area (Å²) in [5, 5.41) is 15.6. The van der Waals surface area contributed by atoms with Crippen LogP contribution in [0.4, 0.5) is 5.95 Å². The molecule has 0 spiro atoms. The van der Waals surface area contributed by atoms with E-state index in [-0.39, 0.29) is 0 Å². The van der Waals surface area contributed by atoms with E-state index in [4.69, 9.17) is 0 Å². The van der Waals surface area contributed by atoms with Crippen molar-refractivity contribution in [3.63, 3.8) is 0 Å². The molecule has 0 atom stereocenters. The first-order chi connectivity index (χ1) is 11.2. The molecule has 4 rings (SSSR count). The molecule has 0 aliphatic carbocycles. The average Bonchev–Trinajstić information content (AvgIpc) is 3.10. The van der Waals surface area contributed by atoms with Crippen LogP contribution in [0.1, 0.15) is 16.0 Å². The summed E-state index contributed by atoms with van der Waals surface area (Å²) >= 11 is 1.64. The molecule has 0 aliphatic rings. The molecular weight excluding hydrogens is 308 g/mol. The van der Waals surface area contributed by atoms with Crippen LogP contribution in [0.15, 0.2) is 34.7 Å². The average molecular weight is 322 g/mol. The summed E-state index contributed by atoms with van der Waals surface area (Å²) in [5.74, 6) is 0.367. The Morgan fingerprint density at radius 3 is 2.96 bits per heavy atom. The summed E-state index contributed by atoms with van der Waals surface area (Å²) in [6.45, 7) is 4.10. The fraction of sp³-hybridized carbons (Fsp3) is 0.125. The second-order valence-corrected chi connectivity index (χ2v) is 6.29. The highest BCUT2D eigenvalue weighted by molar-refractivity contribution is 7.11. The molecule has 0 amide bonds. The summed E-state index contributed by atoms with van der Waals surface area (Å²) in [6.07, 6.45) is 1.77. The molecule has 4 aromatic rings. The van der Waals surface area contributed by atoms with Gasteiger partial charge in [0.1, 0.15) is 5.52 Å². The standard InChI is InChI=1S/C16H14N6S/c1-9-3-4-12-11(7-9)14-15(18-12)19-16(22-20-14)21-17-8-13-10(2)5-6-23-13/h3-8H,1-2H3,(H2,18,19,21,22)/b17-8+. The molecule has 114 valence electrons. The highest BCUT2D eigenvalue weighted by Crippen LogP contribution is 2.23. The van der Waals surface area contributed by atoms with Crippen LogP contribution in [0, 0.1) is 13.8 Å². The van der Waals surface area contributed by atoms with E-state index in [1.165, 1.54) is 11.1 Å². The molecule has 2 N–H and O–H groups in total. The zero-order valence-electron chi connectivity index (χ0n) is 12.7. The van der Waals surface area contributed by atoms with Crippen molar-refractivity contribution < 1.29 is 0 Å². The van der Waals surface area contributed by atoms with Crippen molar-refractivity contribution in [2.45, 2.75) is 13.8 Å². The topological polar surface area (TPSA) is 78.9 Å². The second-order valence-electron chi connectivity index (χ2n) is 5.34. The number of H-pyrrole nitrogens is 1. The van der Waals surface area contributed by atoms with Crippen molar-refractivity contribution in [3.8, 4) is 0 Å². The third-order valence-electron chi connectivity index (χ3n) is 3.62. The number of thiophene rings is 1.